The van der Waals surface area contributed by atoms with E-state index in [2.05, 4.69) is 4.98 Å². The number of nitrogens with zero attached hydrogens (tertiary/aromatic N) is 1. The van der Waals surface area contributed by atoms with Gasteiger partial charge in [-0.1, -0.05) is 0 Å². The Bertz CT molecular complexity index is 698. The van der Waals surface area contributed by atoms with Gasteiger partial charge in [-0.3, -0.25) is 0 Å². The van der Waals surface area contributed by atoms with Crippen molar-refractivity contribution in [1.82, 2.24) is 4.98 Å². The number of aromatic carboxylic acids is 1. The van der Waals surface area contributed by atoms with E-state index < -0.39 is 5.97 Å². The Morgan fingerprint density at radius 2 is 2.24 bits per heavy atom. The number of rotatable bonds is 2. The minimum atomic E-state index is -1.01. The Morgan fingerprint density at radius 3 is 3.06 bits per heavy atom. The van der Waals surface area contributed by atoms with E-state index in [4.69, 9.17) is 9.52 Å². The van der Waals surface area contributed by atoms with Crippen LogP contribution in [0.1, 0.15) is 10.5 Å². The maximum Gasteiger partial charge on any atom is 0.356 e. The van der Waals surface area contributed by atoms with Gasteiger partial charge in [0.15, 0.2) is 5.69 Å². The van der Waals surface area contributed by atoms with Crippen molar-refractivity contribution in [3.05, 3.63) is 41.7 Å². The third-order valence-electron chi connectivity index (χ3n) is 2.48. The van der Waals surface area contributed by atoms with Crippen molar-refractivity contribution in [3.63, 3.8) is 0 Å². The molecule has 2 aromatic heterocycles. The molecule has 0 unspecified atom stereocenters. The van der Waals surface area contributed by atoms with Gasteiger partial charge in [-0.2, -0.15) is 0 Å². The predicted octanol–water partition coefficient (Wildman–Crippen LogP) is 3.25. The molecule has 2 heterocycles. The van der Waals surface area contributed by atoms with Gasteiger partial charge in [-0.15, -0.1) is 11.3 Å². The van der Waals surface area contributed by atoms with Crippen LogP contribution < -0.4 is 0 Å². The number of carbonyl (C=O) groups is 1. The van der Waals surface area contributed by atoms with Crippen LogP contribution in [0.4, 0.5) is 0 Å². The van der Waals surface area contributed by atoms with E-state index in [1.165, 1.54) is 11.3 Å². The zero-order chi connectivity index (χ0) is 11.8. The van der Waals surface area contributed by atoms with Crippen molar-refractivity contribution in [1.29, 1.82) is 0 Å². The van der Waals surface area contributed by atoms with Crippen molar-refractivity contribution in [2.24, 2.45) is 0 Å². The molecule has 3 rings (SSSR count). The molecule has 17 heavy (non-hydrogen) atoms. The fourth-order valence-electron chi connectivity index (χ4n) is 1.71. The molecule has 0 aliphatic carbocycles. The first-order valence-electron chi connectivity index (χ1n) is 4.90. The zero-order valence-corrected chi connectivity index (χ0v) is 9.40. The maximum atomic E-state index is 11.0. The monoisotopic (exact) mass is 245 g/mol. The quantitative estimate of drug-likeness (QED) is 0.752. The second kappa shape index (κ2) is 3.71. The van der Waals surface area contributed by atoms with E-state index in [1.807, 2.05) is 24.3 Å². The first-order valence-corrected chi connectivity index (χ1v) is 5.78. The normalized spacial score (nSPS) is 10.8. The molecule has 0 atom stereocenters. The lowest BCUT2D eigenvalue weighted by atomic mass is 10.1. The summed E-state index contributed by atoms with van der Waals surface area (Å²) in [5.74, 6) is -1.01. The number of hydrogen-bond acceptors (Lipinski definition) is 4. The highest BCUT2D eigenvalue weighted by molar-refractivity contribution is 7.13. The van der Waals surface area contributed by atoms with Gasteiger partial charge >= 0.3 is 5.97 Å². The van der Waals surface area contributed by atoms with Crippen molar-refractivity contribution in [3.8, 4) is 10.4 Å². The Morgan fingerprint density at radius 1 is 1.35 bits per heavy atom. The van der Waals surface area contributed by atoms with Crippen molar-refractivity contribution >= 4 is 28.3 Å². The number of furan rings is 1. The summed E-state index contributed by atoms with van der Waals surface area (Å²) in [5.41, 5.74) is 3.27. The Hall–Kier alpha value is -2.14. The molecule has 0 bridgehead atoms. The molecule has 5 heteroatoms. The first kappa shape index (κ1) is 10.0. The molecular formula is C12H7NO3S. The first-order chi connectivity index (χ1) is 8.25. The Labute approximate surface area is 100 Å². The number of carboxylic acid groups (broad SMARTS) is 1. The summed E-state index contributed by atoms with van der Waals surface area (Å²) in [6.07, 6.45) is 1.61. The second-order valence-corrected chi connectivity index (χ2v) is 4.36. The Kier molecular flexibility index (Phi) is 2.19. The SMILES string of the molecule is O=C(O)c1ncsc1-c1ccc2occc2c1. The highest BCUT2D eigenvalue weighted by Crippen LogP contribution is 2.30. The molecule has 0 fully saturated rings. The summed E-state index contributed by atoms with van der Waals surface area (Å²) in [6, 6.07) is 7.42. The Balaban J connectivity index is 2.19. The molecule has 4 nitrogen and oxygen atoms in total. The van der Waals surface area contributed by atoms with Crippen LogP contribution in [0.5, 0.6) is 0 Å². The number of carboxylic acids is 1. The summed E-state index contributed by atoms with van der Waals surface area (Å²) >= 11 is 1.32. The number of benzene rings is 1. The summed E-state index contributed by atoms with van der Waals surface area (Å²) < 4.78 is 5.24. The average Bonchev–Trinajstić information content (AvgIpc) is 2.96. The van der Waals surface area contributed by atoms with Crippen molar-refractivity contribution in [2.75, 3.05) is 0 Å². The molecule has 1 aromatic carbocycles. The summed E-state index contributed by atoms with van der Waals surface area (Å²) in [5, 5.41) is 9.97. The molecule has 0 aliphatic heterocycles. The summed E-state index contributed by atoms with van der Waals surface area (Å²) in [6.45, 7) is 0. The van der Waals surface area contributed by atoms with E-state index in [-0.39, 0.29) is 5.69 Å². The van der Waals surface area contributed by atoms with Crippen LogP contribution in [0, 0.1) is 0 Å². The lowest BCUT2D eigenvalue weighted by molar-refractivity contribution is 0.0692. The second-order valence-electron chi connectivity index (χ2n) is 3.51. The summed E-state index contributed by atoms with van der Waals surface area (Å²) in [7, 11) is 0. The van der Waals surface area contributed by atoms with Crippen LogP contribution in [0.3, 0.4) is 0 Å². The number of fused-ring (bicyclic) bond motifs is 1. The van der Waals surface area contributed by atoms with Crippen LogP contribution in [0.2, 0.25) is 0 Å². The van der Waals surface area contributed by atoms with Gasteiger partial charge in [-0.25, -0.2) is 9.78 Å². The zero-order valence-electron chi connectivity index (χ0n) is 8.58. The van der Waals surface area contributed by atoms with Gasteiger partial charge in [-0.05, 0) is 29.8 Å². The van der Waals surface area contributed by atoms with Gasteiger partial charge in [0, 0.05) is 5.39 Å². The molecule has 1 N–H and O–H groups in total. The molecule has 0 amide bonds. The standard InChI is InChI=1S/C12H7NO3S/c14-12(15)10-11(17-6-13-10)8-1-2-9-7(5-8)3-4-16-9/h1-6H,(H,14,15). The minimum Gasteiger partial charge on any atom is -0.476 e. The number of aromatic nitrogens is 1. The van der Waals surface area contributed by atoms with E-state index in [1.54, 1.807) is 11.8 Å². The smallest absolute Gasteiger partial charge is 0.356 e. The fraction of sp³-hybridized carbons (Fsp3) is 0. The van der Waals surface area contributed by atoms with E-state index in [0.29, 0.717) is 4.88 Å². The third kappa shape index (κ3) is 1.60. The molecule has 0 saturated heterocycles. The highest BCUT2D eigenvalue weighted by Gasteiger charge is 2.15. The predicted molar refractivity (Wildman–Crippen MR) is 64.3 cm³/mol. The van der Waals surface area contributed by atoms with E-state index >= 15 is 0 Å². The summed E-state index contributed by atoms with van der Waals surface area (Å²) in [4.78, 5) is 15.5. The molecule has 0 spiro atoms. The molecule has 0 saturated carbocycles. The van der Waals surface area contributed by atoms with E-state index in [0.717, 1.165) is 16.5 Å². The van der Waals surface area contributed by atoms with Crippen LogP contribution >= 0.6 is 11.3 Å². The maximum absolute atomic E-state index is 11.0. The average molecular weight is 245 g/mol. The van der Waals surface area contributed by atoms with Crippen molar-refractivity contribution < 1.29 is 14.3 Å². The molecule has 0 aliphatic rings. The van der Waals surface area contributed by atoms with Crippen LogP contribution in [-0.2, 0) is 0 Å². The van der Waals surface area contributed by atoms with Gasteiger partial charge in [0.2, 0.25) is 0 Å². The lowest BCUT2D eigenvalue weighted by Gasteiger charge is -1.99. The number of hydrogen-bond donors (Lipinski definition) is 1. The minimum absolute atomic E-state index is 0.0952. The third-order valence-corrected chi connectivity index (χ3v) is 3.36. The van der Waals surface area contributed by atoms with Crippen LogP contribution in [0.25, 0.3) is 21.4 Å². The fourth-order valence-corrected chi connectivity index (χ4v) is 2.49. The van der Waals surface area contributed by atoms with Gasteiger partial charge < -0.3 is 9.52 Å². The topological polar surface area (TPSA) is 63.3 Å². The lowest BCUT2D eigenvalue weighted by Crippen LogP contribution is -1.98. The highest BCUT2D eigenvalue weighted by atomic mass is 32.1. The molecular weight excluding hydrogens is 238 g/mol. The van der Waals surface area contributed by atoms with Crippen LogP contribution in [0.15, 0.2) is 40.5 Å². The largest absolute Gasteiger partial charge is 0.476 e. The van der Waals surface area contributed by atoms with Gasteiger partial charge in [0.25, 0.3) is 0 Å². The molecule has 3 aromatic rings. The van der Waals surface area contributed by atoms with Gasteiger partial charge in [0.05, 0.1) is 16.7 Å². The molecule has 0 radical (unpaired) electrons. The number of thiazole rings is 1. The van der Waals surface area contributed by atoms with Crippen LogP contribution in [-0.4, -0.2) is 16.1 Å². The van der Waals surface area contributed by atoms with E-state index in [9.17, 15) is 4.79 Å². The van der Waals surface area contributed by atoms with Crippen molar-refractivity contribution in [2.45, 2.75) is 0 Å². The molecule has 84 valence electrons. The van der Waals surface area contributed by atoms with Gasteiger partial charge in [0.1, 0.15) is 5.58 Å².